The van der Waals surface area contributed by atoms with E-state index in [1.807, 2.05) is 18.2 Å². The highest BCUT2D eigenvalue weighted by molar-refractivity contribution is 6.04. The standard InChI is InChI=1S/C25H22F3N5O2/c1-32-13-16(3-9-23(32)34)24(35)31-22-12-29-21-8-2-15(10-20(21)22)17-11-30-33(14-17)19-6-4-18(5-7-19)25(26,27)28/h2,4-8,10-12,14,16,29H,3,9,13H2,1H3,(H,31,35). The molecular formula is C25H22F3N5O2. The molecule has 1 fully saturated rings. The fourth-order valence-corrected chi connectivity index (χ4v) is 4.28. The summed E-state index contributed by atoms with van der Waals surface area (Å²) in [6.07, 6.45) is 1.59. The summed E-state index contributed by atoms with van der Waals surface area (Å²) in [5.74, 6) is -0.360. The largest absolute Gasteiger partial charge is 0.416 e. The molecule has 2 N–H and O–H groups in total. The van der Waals surface area contributed by atoms with E-state index >= 15 is 0 Å². The van der Waals surface area contributed by atoms with Crippen LogP contribution in [-0.4, -0.2) is 45.1 Å². The molecule has 180 valence electrons. The molecule has 0 saturated carbocycles. The summed E-state index contributed by atoms with van der Waals surface area (Å²) in [4.78, 5) is 29.3. The number of alkyl halides is 3. The van der Waals surface area contributed by atoms with Crippen molar-refractivity contribution in [2.45, 2.75) is 19.0 Å². The van der Waals surface area contributed by atoms with E-state index < -0.39 is 11.7 Å². The predicted octanol–water partition coefficient (Wildman–Crippen LogP) is 4.85. The molecule has 4 aromatic rings. The van der Waals surface area contributed by atoms with Crippen molar-refractivity contribution in [2.75, 3.05) is 18.9 Å². The zero-order valence-electron chi connectivity index (χ0n) is 18.8. The molecule has 1 aliphatic rings. The Morgan fingerprint density at radius 1 is 1.14 bits per heavy atom. The van der Waals surface area contributed by atoms with Crippen molar-refractivity contribution < 1.29 is 22.8 Å². The number of H-pyrrole nitrogens is 1. The van der Waals surface area contributed by atoms with E-state index in [4.69, 9.17) is 0 Å². The van der Waals surface area contributed by atoms with Gasteiger partial charge in [0.2, 0.25) is 11.8 Å². The van der Waals surface area contributed by atoms with E-state index in [-0.39, 0.29) is 17.7 Å². The Morgan fingerprint density at radius 2 is 1.91 bits per heavy atom. The summed E-state index contributed by atoms with van der Waals surface area (Å²) >= 11 is 0. The molecule has 2 aromatic carbocycles. The smallest absolute Gasteiger partial charge is 0.359 e. The van der Waals surface area contributed by atoms with Gasteiger partial charge < -0.3 is 15.2 Å². The number of hydrogen-bond acceptors (Lipinski definition) is 3. The van der Waals surface area contributed by atoms with Gasteiger partial charge in [-0.25, -0.2) is 4.68 Å². The predicted molar refractivity (Wildman–Crippen MR) is 125 cm³/mol. The maximum atomic E-state index is 12.8. The zero-order valence-corrected chi connectivity index (χ0v) is 18.8. The summed E-state index contributed by atoms with van der Waals surface area (Å²) in [6.45, 7) is 0.390. The number of anilines is 1. The highest BCUT2D eigenvalue weighted by Crippen LogP contribution is 2.32. The Balaban J connectivity index is 1.37. The number of amides is 2. The maximum Gasteiger partial charge on any atom is 0.416 e. The van der Waals surface area contributed by atoms with E-state index in [0.717, 1.165) is 34.2 Å². The fourth-order valence-electron chi connectivity index (χ4n) is 4.28. The average Bonchev–Trinajstić information content (AvgIpc) is 3.48. The number of benzene rings is 2. The fraction of sp³-hybridized carbons (Fsp3) is 0.240. The van der Waals surface area contributed by atoms with Gasteiger partial charge in [-0.05, 0) is 48.4 Å². The number of nitrogens with zero attached hydrogens (tertiary/aromatic N) is 3. The minimum absolute atomic E-state index is 0.0441. The van der Waals surface area contributed by atoms with Crippen molar-refractivity contribution in [1.82, 2.24) is 19.7 Å². The highest BCUT2D eigenvalue weighted by Gasteiger charge is 2.30. The molecule has 2 aromatic heterocycles. The molecule has 1 aliphatic heterocycles. The Hall–Kier alpha value is -4.08. The Morgan fingerprint density at radius 3 is 2.63 bits per heavy atom. The number of carbonyl (C=O) groups is 2. The number of hydrogen-bond donors (Lipinski definition) is 2. The number of likely N-dealkylation sites (tertiary alicyclic amines) is 1. The van der Waals surface area contributed by atoms with Crippen LogP contribution in [0.3, 0.4) is 0 Å². The van der Waals surface area contributed by atoms with Crippen LogP contribution >= 0.6 is 0 Å². The molecule has 1 atom stereocenters. The van der Waals surface area contributed by atoms with E-state index in [2.05, 4.69) is 15.4 Å². The maximum absolute atomic E-state index is 12.8. The van der Waals surface area contributed by atoms with E-state index in [0.29, 0.717) is 30.8 Å². The lowest BCUT2D eigenvalue weighted by Gasteiger charge is -2.28. The molecule has 1 saturated heterocycles. The van der Waals surface area contributed by atoms with Crippen LogP contribution in [0.25, 0.3) is 27.7 Å². The lowest BCUT2D eigenvalue weighted by atomic mass is 9.97. The summed E-state index contributed by atoms with van der Waals surface area (Å²) in [5.41, 5.74) is 2.89. The third-order valence-electron chi connectivity index (χ3n) is 6.31. The van der Waals surface area contributed by atoms with Crippen LogP contribution in [0.5, 0.6) is 0 Å². The van der Waals surface area contributed by atoms with Gasteiger partial charge in [-0.2, -0.15) is 18.3 Å². The van der Waals surface area contributed by atoms with Gasteiger partial charge in [0, 0.05) is 48.9 Å². The van der Waals surface area contributed by atoms with Gasteiger partial charge in [-0.3, -0.25) is 9.59 Å². The highest BCUT2D eigenvalue weighted by atomic mass is 19.4. The van der Waals surface area contributed by atoms with Crippen molar-refractivity contribution in [3.05, 3.63) is 66.6 Å². The van der Waals surface area contributed by atoms with Gasteiger partial charge in [0.1, 0.15) is 0 Å². The summed E-state index contributed by atoms with van der Waals surface area (Å²) in [6, 6.07) is 10.5. The molecule has 0 aliphatic carbocycles. The Bertz CT molecular complexity index is 1400. The molecule has 0 radical (unpaired) electrons. The molecule has 7 nitrogen and oxygen atoms in total. The molecule has 0 bridgehead atoms. The summed E-state index contributed by atoms with van der Waals surface area (Å²) in [7, 11) is 1.70. The topological polar surface area (TPSA) is 83.0 Å². The quantitative estimate of drug-likeness (QED) is 0.437. The molecule has 10 heteroatoms. The van der Waals surface area contributed by atoms with Crippen LogP contribution in [-0.2, 0) is 15.8 Å². The molecule has 35 heavy (non-hydrogen) atoms. The first-order valence-corrected chi connectivity index (χ1v) is 11.1. The average molecular weight is 481 g/mol. The summed E-state index contributed by atoms with van der Waals surface area (Å²) in [5, 5.41) is 8.09. The van der Waals surface area contributed by atoms with E-state index in [9.17, 15) is 22.8 Å². The van der Waals surface area contributed by atoms with Crippen molar-refractivity contribution >= 4 is 28.4 Å². The van der Waals surface area contributed by atoms with Gasteiger partial charge in [0.25, 0.3) is 0 Å². The van der Waals surface area contributed by atoms with Crippen LogP contribution < -0.4 is 5.32 Å². The molecule has 0 spiro atoms. The SMILES string of the molecule is CN1CC(C(=O)Nc2c[nH]c3ccc(-c4cnn(-c5ccc(C(F)(F)F)cc5)c4)cc23)CCC1=O. The van der Waals surface area contributed by atoms with Gasteiger partial charge in [-0.15, -0.1) is 0 Å². The third-order valence-corrected chi connectivity index (χ3v) is 6.31. The Labute approximate surface area is 198 Å². The van der Waals surface area contributed by atoms with Crippen molar-refractivity contribution in [2.24, 2.45) is 5.92 Å². The van der Waals surface area contributed by atoms with Crippen LogP contribution in [0, 0.1) is 5.92 Å². The number of aromatic nitrogens is 3. The second-order valence-electron chi connectivity index (χ2n) is 8.68. The Kier molecular flexibility index (Phi) is 5.58. The second-order valence-corrected chi connectivity index (χ2v) is 8.68. The number of carbonyl (C=O) groups excluding carboxylic acids is 2. The minimum atomic E-state index is -4.39. The molecule has 2 amide bonds. The van der Waals surface area contributed by atoms with Gasteiger partial charge in [0.05, 0.1) is 29.1 Å². The van der Waals surface area contributed by atoms with E-state index in [1.54, 1.807) is 30.5 Å². The molecule has 5 rings (SSSR count). The number of aromatic amines is 1. The third kappa shape index (κ3) is 4.51. The first-order chi connectivity index (χ1) is 16.7. The molecule has 1 unspecified atom stereocenters. The van der Waals surface area contributed by atoms with E-state index in [1.165, 1.54) is 16.8 Å². The van der Waals surface area contributed by atoms with Gasteiger partial charge >= 0.3 is 6.18 Å². The van der Waals surface area contributed by atoms with Crippen molar-refractivity contribution in [1.29, 1.82) is 0 Å². The van der Waals surface area contributed by atoms with Crippen molar-refractivity contribution in [3.8, 4) is 16.8 Å². The van der Waals surface area contributed by atoms with Crippen LogP contribution in [0.15, 0.2) is 61.1 Å². The first kappa shape index (κ1) is 22.7. The van der Waals surface area contributed by atoms with Crippen LogP contribution in [0.4, 0.5) is 18.9 Å². The zero-order chi connectivity index (χ0) is 24.7. The van der Waals surface area contributed by atoms with Crippen molar-refractivity contribution in [3.63, 3.8) is 0 Å². The first-order valence-electron chi connectivity index (χ1n) is 11.1. The monoisotopic (exact) mass is 481 g/mol. The number of halogens is 3. The van der Waals surface area contributed by atoms with Crippen LogP contribution in [0.2, 0.25) is 0 Å². The minimum Gasteiger partial charge on any atom is -0.359 e. The number of piperidine rings is 1. The number of nitrogens with one attached hydrogen (secondary N) is 2. The molecular weight excluding hydrogens is 459 g/mol. The number of rotatable bonds is 4. The lowest BCUT2D eigenvalue weighted by molar-refractivity contribution is -0.138. The molecule has 3 heterocycles. The van der Waals surface area contributed by atoms with Crippen LogP contribution in [0.1, 0.15) is 18.4 Å². The second kappa shape index (κ2) is 8.61. The van der Waals surface area contributed by atoms with Gasteiger partial charge in [0.15, 0.2) is 0 Å². The van der Waals surface area contributed by atoms with Gasteiger partial charge in [-0.1, -0.05) is 6.07 Å². The summed E-state index contributed by atoms with van der Waals surface area (Å²) < 4.78 is 40.0. The normalized spacial score (nSPS) is 16.6. The lowest BCUT2D eigenvalue weighted by Crippen LogP contribution is -2.41. The number of fused-ring (bicyclic) bond motifs is 1.